The molecular weight excluding hydrogens is 278 g/mol. The van der Waals surface area contributed by atoms with Crippen molar-refractivity contribution in [2.75, 3.05) is 19.8 Å². The van der Waals surface area contributed by atoms with Gasteiger partial charge in [0.15, 0.2) is 11.6 Å². The number of nitrogens with zero attached hydrogens (tertiary/aromatic N) is 1. The van der Waals surface area contributed by atoms with Crippen LogP contribution < -0.4 is 5.32 Å². The first-order valence-corrected chi connectivity index (χ1v) is 7.15. The van der Waals surface area contributed by atoms with E-state index < -0.39 is 17.8 Å². The van der Waals surface area contributed by atoms with Crippen molar-refractivity contribution in [1.29, 1.82) is 0 Å². The molecule has 3 atom stereocenters. The summed E-state index contributed by atoms with van der Waals surface area (Å²) < 4.78 is 31.8. The minimum absolute atomic E-state index is 0.0170. The van der Waals surface area contributed by atoms with Crippen LogP contribution in [0.5, 0.6) is 0 Å². The van der Waals surface area contributed by atoms with Crippen LogP contribution >= 0.6 is 0 Å². The van der Waals surface area contributed by atoms with Crippen LogP contribution in [0.2, 0.25) is 0 Å². The molecule has 0 radical (unpaired) electrons. The largest absolute Gasteiger partial charge is 0.381 e. The van der Waals surface area contributed by atoms with Crippen LogP contribution in [0.4, 0.5) is 8.78 Å². The quantitative estimate of drug-likeness (QED) is 0.925. The number of carbonyl (C=O) groups excluding carboxylic acids is 1. The van der Waals surface area contributed by atoms with Crippen LogP contribution in [0.25, 0.3) is 0 Å². The second-order valence-electron chi connectivity index (χ2n) is 5.68. The van der Waals surface area contributed by atoms with Gasteiger partial charge >= 0.3 is 0 Å². The number of carbonyl (C=O) groups is 1. The molecule has 2 heterocycles. The molecule has 1 aromatic rings. The Morgan fingerprint density at radius 2 is 2.19 bits per heavy atom. The summed E-state index contributed by atoms with van der Waals surface area (Å²) in [6, 6.07) is 3.43. The van der Waals surface area contributed by atoms with Crippen molar-refractivity contribution in [1.82, 2.24) is 10.2 Å². The fourth-order valence-electron chi connectivity index (χ4n) is 2.93. The summed E-state index contributed by atoms with van der Waals surface area (Å²) >= 11 is 0. The molecule has 1 aromatic carbocycles. The molecule has 0 aromatic heterocycles. The molecule has 2 aliphatic heterocycles. The Balaban J connectivity index is 1.83. The number of hydrogen-bond acceptors (Lipinski definition) is 3. The van der Waals surface area contributed by atoms with Gasteiger partial charge in [0.05, 0.1) is 12.6 Å². The summed E-state index contributed by atoms with van der Waals surface area (Å²) in [5.74, 6) is -1.50. The normalized spacial score (nSPS) is 29.4. The maximum atomic E-state index is 13.4. The average Bonchev–Trinajstić information content (AvgIpc) is 3.06. The molecule has 0 spiro atoms. The van der Waals surface area contributed by atoms with Crippen LogP contribution in [0.1, 0.15) is 25.1 Å². The summed E-state index contributed by atoms with van der Waals surface area (Å²) in [4.78, 5) is 14.0. The lowest BCUT2D eigenvalue weighted by atomic mass is 10.1. The van der Waals surface area contributed by atoms with E-state index in [0.29, 0.717) is 31.2 Å². The Hall–Kier alpha value is -1.53. The van der Waals surface area contributed by atoms with Crippen molar-refractivity contribution < 1.29 is 18.3 Å². The number of nitrogens with one attached hydrogen (secondary N) is 1. The van der Waals surface area contributed by atoms with E-state index in [1.165, 1.54) is 6.07 Å². The zero-order chi connectivity index (χ0) is 15.0. The number of benzene rings is 1. The molecule has 21 heavy (non-hydrogen) atoms. The number of halogens is 2. The average molecular weight is 296 g/mol. The van der Waals surface area contributed by atoms with E-state index in [1.807, 2.05) is 0 Å². The fourth-order valence-corrected chi connectivity index (χ4v) is 2.93. The Labute approximate surface area is 122 Å². The summed E-state index contributed by atoms with van der Waals surface area (Å²) in [5, 5.41) is 3.14. The van der Waals surface area contributed by atoms with Gasteiger partial charge in [0, 0.05) is 19.1 Å². The number of ether oxygens (including phenoxy) is 1. The Morgan fingerprint density at radius 3 is 2.86 bits per heavy atom. The van der Waals surface area contributed by atoms with Gasteiger partial charge in [-0.15, -0.1) is 0 Å². The highest BCUT2D eigenvalue weighted by atomic mass is 19.2. The van der Waals surface area contributed by atoms with Crippen LogP contribution in [0.3, 0.4) is 0 Å². The maximum absolute atomic E-state index is 13.4. The summed E-state index contributed by atoms with van der Waals surface area (Å²) in [7, 11) is 0. The standard InChI is InChI=1S/C15H18F2N2O2/c1-9-15(20)19(7-10-4-5-21-8-10)14(18-9)11-2-3-12(16)13(17)6-11/h2-3,6,9-10,14,18H,4-5,7-8H2,1H3. The van der Waals surface area contributed by atoms with Gasteiger partial charge in [-0.3, -0.25) is 10.1 Å². The third-order valence-electron chi connectivity index (χ3n) is 4.11. The van der Waals surface area contributed by atoms with Gasteiger partial charge in [-0.1, -0.05) is 6.07 Å². The van der Waals surface area contributed by atoms with Crippen molar-refractivity contribution in [3.63, 3.8) is 0 Å². The van der Waals surface area contributed by atoms with Crippen LogP contribution in [0.15, 0.2) is 18.2 Å². The first-order chi connectivity index (χ1) is 10.1. The molecule has 2 fully saturated rings. The van der Waals surface area contributed by atoms with Crippen LogP contribution in [0, 0.1) is 17.6 Å². The molecule has 0 saturated carbocycles. The molecule has 114 valence electrons. The fraction of sp³-hybridized carbons (Fsp3) is 0.533. The molecule has 0 bridgehead atoms. The lowest BCUT2D eigenvalue weighted by Crippen LogP contribution is -2.35. The van der Waals surface area contributed by atoms with Gasteiger partial charge in [0.2, 0.25) is 5.91 Å². The Kier molecular flexibility index (Phi) is 3.91. The maximum Gasteiger partial charge on any atom is 0.241 e. The summed E-state index contributed by atoms with van der Waals surface area (Å²) in [5.41, 5.74) is 0.561. The molecule has 1 N–H and O–H groups in total. The van der Waals surface area contributed by atoms with E-state index in [-0.39, 0.29) is 11.9 Å². The molecular formula is C15H18F2N2O2. The van der Waals surface area contributed by atoms with E-state index >= 15 is 0 Å². The molecule has 2 saturated heterocycles. The summed E-state index contributed by atoms with van der Waals surface area (Å²) in [6.45, 7) is 3.70. The van der Waals surface area contributed by atoms with E-state index in [9.17, 15) is 13.6 Å². The molecule has 3 rings (SSSR count). The highest BCUT2D eigenvalue weighted by molar-refractivity contribution is 5.84. The smallest absolute Gasteiger partial charge is 0.241 e. The van der Waals surface area contributed by atoms with Crippen molar-refractivity contribution in [3.8, 4) is 0 Å². The molecule has 2 aliphatic rings. The molecule has 0 aliphatic carbocycles. The highest BCUT2D eigenvalue weighted by Gasteiger charge is 2.38. The molecule has 1 amide bonds. The minimum Gasteiger partial charge on any atom is -0.381 e. The van der Waals surface area contributed by atoms with Gasteiger partial charge < -0.3 is 9.64 Å². The first-order valence-electron chi connectivity index (χ1n) is 7.15. The van der Waals surface area contributed by atoms with Gasteiger partial charge in [-0.05, 0) is 31.0 Å². The monoisotopic (exact) mass is 296 g/mol. The van der Waals surface area contributed by atoms with Crippen molar-refractivity contribution in [2.24, 2.45) is 5.92 Å². The Bertz CT molecular complexity index is 546. The predicted molar refractivity (Wildman–Crippen MR) is 72.3 cm³/mol. The van der Waals surface area contributed by atoms with E-state index in [0.717, 1.165) is 18.6 Å². The van der Waals surface area contributed by atoms with Crippen molar-refractivity contribution in [3.05, 3.63) is 35.4 Å². The summed E-state index contributed by atoms with van der Waals surface area (Å²) in [6.07, 6.45) is 0.506. The third kappa shape index (κ3) is 2.78. The molecule has 6 heteroatoms. The van der Waals surface area contributed by atoms with Crippen molar-refractivity contribution >= 4 is 5.91 Å². The van der Waals surface area contributed by atoms with Crippen molar-refractivity contribution in [2.45, 2.75) is 25.6 Å². The third-order valence-corrected chi connectivity index (χ3v) is 4.11. The number of hydrogen-bond donors (Lipinski definition) is 1. The van der Waals surface area contributed by atoms with Gasteiger partial charge in [-0.25, -0.2) is 8.78 Å². The number of rotatable bonds is 3. The van der Waals surface area contributed by atoms with Crippen LogP contribution in [-0.4, -0.2) is 36.6 Å². The lowest BCUT2D eigenvalue weighted by Gasteiger charge is -2.27. The SMILES string of the molecule is CC1NC(c2ccc(F)c(F)c2)N(CC2CCOC2)C1=O. The zero-order valence-corrected chi connectivity index (χ0v) is 11.8. The topological polar surface area (TPSA) is 41.6 Å². The lowest BCUT2D eigenvalue weighted by molar-refractivity contribution is -0.130. The van der Waals surface area contributed by atoms with Gasteiger partial charge in [0.1, 0.15) is 6.17 Å². The van der Waals surface area contributed by atoms with Gasteiger partial charge in [0.25, 0.3) is 0 Å². The number of amides is 1. The van der Waals surface area contributed by atoms with Crippen LogP contribution in [-0.2, 0) is 9.53 Å². The molecule has 4 nitrogen and oxygen atoms in total. The Morgan fingerprint density at radius 1 is 1.38 bits per heavy atom. The van der Waals surface area contributed by atoms with E-state index in [1.54, 1.807) is 11.8 Å². The first kappa shape index (κ1) is 14.4. The molecule has 3 unspecified atom stereocenters. The van der Waals surface area contributed by atoms with E-state index in [4.69, 9.17) is 4.74 Å². The zero-order valence-electron chi connectivity index (χ0n) is 11.8. The van der Waals surface area contributed by atoms with Gasteiger partial charge in [-0.2, -0.15) is 0 Å². The van der Waals surface area contributed by atoms with E-state index in [2.05, 4.69) is 5.32 Å². The minimum atomic E-state index is -0.898. The second-order valence-corrected chi connectivity index (χ2v) is 5.68. The highest BCUT2D eigenvalue weighted by Crippen LogP contribution is 2.28. The second kappa shape index (κ2) is 5.69. The predicted octanol–water partition coefficient (Wildman–Crippen LogP) is 1.82.